The van der Waals surface area contributed by atoms with Crippen LogP contribution in [0.5, 0.6) is 0 Å². The summed E-state index contributed by atoms with van der Waals surface area (Å²) in [6, 6.07) is 1.93. The predicted molar refractivity (Wildman–Crippen MR) is 38.6 cm³/mol. The number of nitrogens with zero attached hydrogens (tertiary/aromatic N) is 2. The van der Waals surface area contributed by atoms with Crippen LogP contribution < -0.4 is 0 Å². The average Bonchev–Trinajstić information content (AvgIpc) is 2.07. The van der Waals surface area contributed by atoms with Gasteiger partial charge in [-0.1, -0.05) is 0 Å². The summed E-state index contributed by atoms with van der Waals surface area (Å²) in [4.78, 5) is 1.85. The summed E-state index contributed by atoms with van der Waals surface area (Å²) in [7, 11) is 0. The highest BCUT2D eigenvalue weighted by atomic mass is 16.5. The first kappa shape index (κ1) is 8.47. The summed E-state index contributed by atoms with van der Waals surface area (Å²) in [6.07, 6.45) is -0.427. The molecule has 1 aliphatic heterocycles. The molecule has 0 aromatic rings. The van der Waals surface area contributed by atoms with E-state index in [-0.39, 0.29) is 6.42 Å². The van der Waals surface area contributed by atoms with Crippen molar-refractivity contribution in [1.29, 1.82) is 5.26 Å². The molecule has 0 aromatic carbocycles. The van der Waals surface area contributed by atoms with Crippen LogP contribution >= 0.6 is 0 Å². The third-order valence-corrected chi connectivity index (χ3v) is 1.74. The quantitative estimate of drug-likeness (QED) is 0.588. The van der Waals surface area contributed by atoms with Crippen molar-refractivity contribution in [1.82, 2.24) is 4.90 Å². The summed E-state index contributed by atoms with van der Waals surface area (Å²) < 4.78 is 5.09. The van der Waals surface area contributed by atoms with Crippen LogP contribution in [0.15, 0.2) is 0 Å². The second-order valence-electron chi connectivity index (χ2n) is 2.49. The SMILES string of the molecule is N#CCC(O)N1CCOCC1. The molecule has 1 heterocycles. The molecule has 4 heteroatoms. The van der Waals surface area contributed by atoms with Crippen LogP contribution in [0.3, 0.4) is 0 Å². The Morgan fingerprint density at radius 3 is 2.73 bits per heavy atom. The van der Waals surface area contributed by atoms with Crippen molar-refractivity contribution in [2.24, 2.45) is 0 Å². The molecule has 0 radical (unpaired) electrons. The number of hydrogen-bond donors (Lipinski definition) is 1. The monoisotopic (exact) mass is 156 g/mol. The zero-order valence-electron chi connectivity index (χ0n) is 6.36. The minimum Gasteiger partial charge on any atom is -0.379 e. The molecule has 0 amide bonds. The van der Waals surface area contributed by atoms with Gasteiger partial charge in [-0.15, -0.1) is 0 Å². The maximum absolute atomic E-state index is 9.32. The van der Waals surface area contributed by atoms with Gasteiger partial charge in [0.25, 0.3) is 0 Å². The van der Waals surface area contributed by atoms with Crippen molar-refractivity contribution in [3.63, 3.8) is 0 Å². The van der Waals surface area contributed by atoms with Crippen molar-refractivity contribution in [3.05, 3.63) is 0 Å². The van der Waals surface area contributed by atoms with E-state index in [2.05, 4.69) is 0 Å². The summed E-state index contributed by atoms with van der Waals surface area (Å²) in [5.41, 5.74) is 0. The standard InChI is InChI=1S/C7H12N2O2/c8-2-1-7(10)9-3-5-11-6-4-9/h7,10H,1,3-6H2. The molecule has 1 atom stereocenters. The van der Waals surface area contributed by atoms with Crippen LogP contribution in [-0.2, 0) is 4.74 Å². The second kappa shape index (κ2) is 4.29. The highest BCUT2D eigenvalue weighted by Gasteiger charge is 2.17. The van der Waals surface area contributed by atoms with Gasteiger partial charge in [0.2, 0.25) is 0 Å². The Hall–Kier alpha value is -0.630. The lowest BCUT2D eigenvalue weighted by Gasteiger charge is -2.29. The Labute approximate surface area is 66.0 Å². The van der Waals surface area contributed by atoms with Crippen LogP contribution in [0, 0.1) is 11.3 Å². The predicted octanol–water partition coefficient (Wildman–Crippen LogP) is -0.449. The molecule has 62 valence electrons. The van der Waals surface area contributed by atoms with Crippen LogP contribution in [0.1, 0.15) is 6.42 Å². The van der Waals surface area contributed by atoms with E-state index in [9.17, 15) is 5.11 Å². The third-order valence-electron chi connectivity index (χ3n) is 1.74. The van der Waals surface area contributed by atoms with Gasteiger partial charge in [0.05, 0.1) is 25.7 Å². The van der Waals surface area contributed by atoms with E-state index in [1.54, 1.807) is 0 Å². The van der Waals surface area contributed by atoms with Crippen molar-refractivity contribution >= 4 is 0 Å². The van der Waals surface area contributed by atoms with Crippen molar-refractivity contribution in [3.8, 4) is 6.07 Å². The molecule has 0 bridgehead atoms. The first-order valence-corrected chi connectivity index (χ1v) is 3.71. The number of aliphatic hydroxyl groups is 1. The molecule has 1 fully saturated rings. The maximum atomic E-state index is 9.32. The summed E-state index contributed by atoms with van der Waals surface area (Å²) in [6.45, 7) is 2.76. The first-order chi connectivity index (χ1) is 5.34. The smallest absolute Gasteiger partial charge is 0.120 e. The van der Waals surface area contributed by atoms with E-state index in [0.29, 0.717) is 13.2 Å². The normalized spacial score (nSPS) is 22.5. The summed E-state index contributed by atoms with van der Waals surface area (Å²) >= 11 is 0. The molecule has 0 spiro atoms. The lowest BCUT2D eigenvalue weighted by molar-refractivity contribution is -0.0556. The van der Waals surface area contributed by atoms with Crippen LogP contribution in [0.25, 0.3) is 0 Å². The van der Waals surface area contributed by atoms with Crippen molar-refractivity contribution in [2.45, 2.75) is 12.6 Å². The van der Waals surface area contributed by atoms with E-state index in [0.717, 1.165) is 13.1 Å². The Kier molecular flexibility index (Phi) is 3.30. The largest absolute Gasteiger partial charge is 0.379 e. The Bertz CT molecular complexity index is 149. The molecule has 1 aliphatic rings. The van der Waals surface area contributed by atoms with E-state index >= 15 is 0 Å². The molecule has 1 N–H and O–H groups in total. The van der Waals surface area contributed by atoms with Gasteiger partial charge in [0.1, 0.15) is 6.23 Å². The van der Waals surface area contributed by atoms with Gasteiger partial charge in [0.15, 0.2) is 0 Å². The van der Waals surface area contributed by atoms with Gasteiger partial charge in [0, 0.05) is 13.1 Å². The molecule has 0 saturated carbocycles. The fraction of sp³-hybridized carbons (Fsp3) is 0.857. The van der Waals surface area contributed by atoms with Crippen molar-refractivity contribution in [2.75, 3.05) is 26.3 Å². The Morgan fingerprint density at radius 2 is 2.18 bits per heavy atom. The Balaban J connectivity index is 2.27. The van der Waals surface area contributed by atoms with Gasteiger partial charge in [-0.05, 0) is 0 Å². The number of hydrogen-bond acceptors (Lipinski definition) is 4. The first-order valence-electron chi connectivity index (χ1n) is 3.71. The number of aliphatic hydroxyl groups excluding tert-OH is 1. The van der Waals surface area contributed by atoms with E-state index < -0.39 is 6.23 Å². The highest BCUT2D eigenvalue weighted by Crippen LogP contribution is 2.03. The fourth-order valence-electron chi connectivity index (χ4n) is 1.09. The topological polar surface area (TPSA) is 56.5 Å². The maximum Gasteiger partial charge on any atom is 0.120 e. The number of nitriles is 1. The van der Waals surface area contributed by atoms with Gasteiger partial charge in [-0.25, -0.2) is 0 Å². The van der Waals surface area contributed by atoms with E-state index in [1.165, 1.54) is 0 Å². The summed E-state index contributed by atoms with van der Waals surface area (Å²) in [5, 5.41) is 17.6. The second-order valence-corrected chi connectivity index (χ2v) is 2.49. The van der Waals surface area contributed by atoms with Crippen molar-refractivity contribution < 1.29 is 9.84 Å². The van der Waals surface area contributed by atoms with Gasteiger partial charge >= 0.3 is 0 Å². The molecule has 0 aromatic heterocycles. The van der Waals surface area contributed by atoms with Gasteiger partial charge < -0.3 is 9.84 Å². The zero-order chi connectivity index (χ0) is 8.10. The van der Waals surface area contributed by atoms with Crippen LogP contribution in [0.2, 0.25) is 0 Å². The minimum atomic E-state index is -0.608. The van der Waals surface area contributed by atoms with E-state index in [4.69, 9.17) is 10.00 Å². The molecule has 1 saturated heterocycles. The molecular weight excluding hydrogens is 144 g/mol. The molecule has 0 aliphatic carbocycles. The van der Waals surface area contributed by atoms with Gasteiger partial charge in [-0.2, -0.15) is 5.26 Å². The lowest BCUT2D eigenvalue weighted by Crippen LogP contribution is -2.43. The van der Waals surface area contributed by atoms with Crippen LogP contribution in [0.4, 0.5) is 0 Å². The number of ether oxygens (including phenoxy) is 1. The number of morpholine rings is 1. The molecule has 4 nitrogen and oxygen atoms in total. The lowest BCUT2D eigenvalue weighted by atomic mass is 10.3. The minimum absolute atomic E-state index is 0.181. The molecule has 11 heavy (non-hydrogen) atoms. The van der Waals surface area contributed by atoms with Crippen LogP contribution in [-0.4, -0.2) is 42.5 Å². The molecular formula is C7H12N2O2. The Morgan fingerprint density at radius 1 is 1.55 bits per heavy atom. The van der Waals surface area contributed by atoms with E-state index in [1.807, 2.05) is 11.0 Å². The third kappa shape index (κ3) is 2.46. The zero-order valence-corrected chi connectivity index (χ0v) is 6.36. The fourth-order valence-corrected chi connectivity index (χ4v) is 1.09. The number of rotatable bonds is 2. The van der Waals surface area contributed by atoms with Gasteiger partial charge in [-0.3, -0.25) is 4.90 Å². The summed E-state index contributed by atoms with van der Waals surface area (Å²) in [5.74, 6) is 0. The molecule has 1 rings (SSSR count). The average molecular weight is 156 g/mol. The highest BCUT2D eigenvalue weighted by molar-refractivity contribution is 4.76. The molecule has 1 unspecified atom stereocenters.